The van der Waals surface area contributed by atoms with E-state index < -0.39 is 5.97 Å². The second-order valence-corrected chi connectivity index (χ2v) is 21.3. The molecule has 5 saturated heterocycles. The summed E-state index contributed by atoms with van der Waals surface area (Å²) in [5.41, 5.74) is 0. The molecule has 342 valence electrons. The zero-order valence-electron chi connectivity index (χ0n) is 39.3. The Hall–Kier alpha value is -1.78. The molecule has 0 aromatic rings. The fourth-order valence-corrected chi connectivity index (χ4v) is 14.1. The Morgan fingerprint density at radius 1 is 0.633 bits per heavy atom. The van der Waals surface area contributed by atoms with Crippen LogP contribution in [0.5, 0.6) is 0 Å². The van der Waals surface area contributed by atoms with Crippen molar-refractivity contribution in [2.24, 2.45) is 59.2 Å². The smallest absolute Gasteiger partial charge is 0.303 e. The summed E-state index contributed by atoms with van der Waals surface area (Å²) in [5.74, 6) is 10.5. The van der Waals surface area contributed by atoms with Gasteiger partial charge in [0, 0.05) is 86.6 Å². The van der Waals surface area contributed by atoms with Crippen LogP contribution in [0.1, 0.15) is 119 Å². The van der Waals surface area contributed by atoms with Gasteiger partial charge in [0.15, 0.2) is 0 Å². The Morgan fingerprint density at radius 2 is 1.20 bits per heavy atom. The Morgan fingerprint density at radius 3 is 1.82 bits per heavy atom. The first-order valence-corrected chi connectivity index (χ1v) is 24.6. The number of carboxylic acids is 1. The summed E-state index contributed by atoms with van der Waals surface area (Å²) < 4.78 is 0. The third-order valence-electron chi connectivity index (χ3n) is 17.3. The molecular weight excluding hydrogens is 751 g/mol. The topological polar surface area (TPSA) is 132 Å². The average molecular weight is 838 g/mol. The molecule has 6 rings (SSSR count). The molecule has 1 saturated carbocycles. The van der Waals surface area contributed by atoms with Gasteiger partial charge >= 0.3 is 5.97 Å². The number of unbranched alkanes of at least 4 members (excludes halogenated alkanes) is 1. The summed E-state index contributed by atoms with van der Waals surface area (Å²) in [7, 11) is 8.41. The van der Waals surface area contributed by atoms with Crippen LogP contribution in [0.15, 0.2) is 0 Å². The molecule has 0 spiro atoms. The highest BCUT2D eigenvalue weighted by atomic mass is 16.4. The van der Waals surface area contributed by atoms with E-state index in [1.165, 1.54) is 6.42 Å². The molecule has 11 nitrogen and oxygen atoms in total. The highest BCUT2D eigenvalue weighted by Gasteiger charge is 2.59. The van der Waals surface area contributed by atoms with Crippen LogP contribution in [0.4, 0.5) is 0 Å². The molecule has 0 radical (unpaired) electrons. The van der Waals surface area contributed by atoms with Crippen LogP contribution >= 0.6 is 0 Å². The number of carbonyl (C=O) groups excluding carboxylic acids is 1. The van der Waals surface area contributed by atoms with Gasteiger partial charge in [0.2, 0.25) is 5.91 Å². The van der Waals surface area contributed by atoms with Gasteiger partial charge in [0.05, 0.1) is 12.0 Å². The fraction of sp³-hybridized carbons (Fsp3) is 0.918. The van der Waals surface area contributed by atoms with Gasteiger partial charge in [0.1, 0.15) is 0 Å². The van der Waals surface area contributed by atoms with E-state index in [-0.39, 0.29) is 72.2 Å². The van der Waals surface area contributed by atoms with Crippen LogP contribution in [-0.4, -0.2) is 146 Å². The largest absolute Gasteiger partial charge is 0.481 e. The Kier molecular flexibility index (Phi) is 16.9. The molecule has 8 bridgehead atoms. The summed E-state index contributed by atoms with van der Waals surface area (Å²) in [6.45, 7) is 18.0. The molecule has 5 heterocycles. The molecule has 6 N–H and O–H groups in total. The number of aliphatic carboxylic acids is 1. The van der Waals surface area contributed by atoms with Crippen LogP contribution < -0.4 is 21.3 Å². The molecule has 0 aromatic carbocycles. The summed E-state index contributed by atoms with van der Waals surface area (Å²) >= 11 is 0. The van der Waals surface area contributed by atoms with E-state index in [4.69, 9.17) is 0 Å². The number of hydrogen-bond acceptors (Lipinski definition) is 9. The standard InChI is InChI=1S/C49H87N7O4/c1-11-33-29(3)38-27-41-34(12-2)30(4)46(52-41)36(18-14-13-15-19-44(59)60)47-31(5)35(20-21-43(58)56(24-16-22-54(7)8)25-17-23-55(9)10)48(53-47)37-26-42(57)45-32(6)39(51-49(37)45)28-40(33)50-38/h29-42,45-53,57H,11-13,15-17,19-28H2,1-10H3,(H,59,60)/t29?,30?,31-,32?,33?,34?,35-,36?,37?,38?,39?,40?,41?,42?,45?,46?,47?,48?,49?/m0/s1. The van der Waals surface area contributed by atoms with Crippen LogP contribution in [0, 0.1) is 71.0 Å². The number of nitrogens with one attached hydrogen (secondary N) is 4. The molecule has 6 fully saturated rings. The molecule has 1 amide bonds. The fourth-order valence-electron chi connectivity index (χ4n) is 14.1. The lowest BCUT2D eigenvalue weighted by atomic mass is 9.73. The molecular formula is C49H87N7O4. The first-order valence-electron chi connectivity index (χ1n) is 24.6. The molecule has 17 unspecified atom stereocenters. The van der Waals surface area contributed by atoms with Crippen molar-refractivity contribution in [2.75, 3.05) is 54.4 Å². The predicted molar refractivity (Wildman–Crippen MR) is 242 cm³/mol. The van der Waals surface area contributed by atoms with E-state index in [1.54, 1.807) is 0 Å². The maximum absolute atomic E-state index is 14.3. The molecule has 60 heavy (non-hydrogen) atoms. The van der Waals surface area contributed by atoms with Crippen LogP contribution in [-0.2, 0) is 9.59 Å². The lowest BCUT2D eigenvalue weighted by Gasteiger charge is -2.33. The van der Waals surface area contributed by atoms with Gasteiger partial charge in [-0.1, -0.05) is 60.3 Å². The number of nitrogens with zero attached hydrogens (tertiary/aromatic N) is 3. The second kappa shape index (κ2) is 21.3. The third-order valence-corrected chi connectivity index (χ3v) is 17.3. The first-order chi connectivity index (χ1) is 28.6. The van der Waals surface area contributed by atoms with Crippen molar-refractivity contribution in [3.63, 3.8) is 0 Å². The number of carbonyl (C=O) groups is 2. The Labute approximate surface area is 365 Å². The Balaban J connectivity index is 1.35. The monoisotopic (exact) mass is 838 g/mol. The summed E-state index contributed by atoms with van der Waals surface area (Å²) in [4.78, 5) is 32.3. The van der Waals surface area contributed by atoms with E-state index in [0.29, 0.717) is 73.0 Å². The number of aliphatic hydroxyl groups excluding tert-OH is 1. The van der Waals surface area contributed by atoms with Crippen LogP contribution in [0.3, 0.4) is 0 Å². The van der Waals surface area contributed by atoms with E-state index in [0.717, 1.165) is 71.1 Å². The zero-order valence-corrected chi connectivity index (χ0v) is 39.3. The summed E-state index contributed by atoms with van der Waals surface area (Å²) in [5, 5.41) is 38.5. The number of carboxylic acid groups (broad SMARTS) is 1. The van der Waals surface area contributed by atoms with Crippen LogP contribution in [0.2, 0.25) is 0 Å². The van der Waals surface area contributed by atoms with E-state index in [2.05, 4.69) is 118 Å². The predicted octanol–water partition coefficient (Wildman–Crippen LogP) is 4.74. The number of hydrogen-bond donors (Lipinski definition) is 6. The van der Waals surface area contributed by atoms with Gasteiger partial charge in [-0.2, -0.15) is 0 Å². The molecule has 6 aliphatic rings. The van der Waals surface area contributed by atoms with Crippen molar-refractivity contribution in [1.29, 1.82) is 0 Å². The SMILES string of the molecule is CCC1C2CC3NC4C(CC(O)C4C3C)C3NC(C(C#CCCCC(=O)O)C4NC(CC(N2)C1C)C(CC)C4C)[C@@H](C)[C@@H]3CCC(=O)N(CCCN(C)C)CCCN(C)C. The van der Waals surface area contributed by atoms with E-state index >= 15 is 0 Å². The van der Waals surface area contributed by atoms with E-state index in [9.17, 15) is 19.8 Å². The van der Waals surface area contributed by atoms with Gasteiger partial charge in [0.25, 0.3) is 0 Å². The van der Waals surface area contributed by atoms with Crippen molar-refractivity contribution in [1.82, 2.24) is 36.0 Å². The molecule has 19 atom stereocenters. The van der Waals surface area contributed by atoms with Crippen molar-refractivity contribution in [3.05, 3.63) is 0 Å². The lowest BCUT2D eigenvalue weighted by Crippen LogP contribution is -2.51. The molecule has 5 aliphatic heterocycles. The highest BCUT2D eigenvalue weighted by Crippen LogP contribution is 2.51. The van der Waals surface area contributed by atoms with E-state index in [1.807, 2.05) is 0 Å². The highest BCUT2D eigenvalue weighted by molar-refractivity contribution is 5.76. The molecule has 1 aliphatic carbocycles. The van der Waals surface area contributed by atoms with Gasteiger partial charge < -0.3 is 46.2 Å². The summed E-state index contributed by atoms with van der Waals surface area (Å²) in [6, 6.07) is 2.39. The van der Waals surface area contributed by atoms with Gasteiger partial charge in [-0.15, -0.1) is 5.92 Å². The molecule has 11 heteroatoms. The van der Waals surface area contributed by atoms with Crippen molar-refractivity contribution < 1.29 is 19.8 Å². The van der Waals surface area contributed by atoms with Crippen molar-refractivity contribution in [3.8, 4) is 11.8 Å². The van der Waals surface area contributed by atoms with Crippen molar-refractivity contribution in [2.45, 2.75) is 173 Å². The minimum absolute atomic E-state index is 0.0407. The second-order valence-electron chi connectivity index (χ2n) is 21.3. The number of aliphatic hydroxyl groups is 1. The zero-order chi connectivity index (χ0) is 43.4. The lowest BCUT2D eigenvalue weighted by molar-refractivity contribution is -0.137. The minimum atomic E-state index is -0.766. The first kappa shape index (κ1) is 47.7. The maximum Gasteiger partial charge on any atom is 0.303 e. The third kappa shape index (κ3) is 10.6. The number of amides is 1. The van der Waals surface area contributed by atoms with Gasteiger partial charge in [-0.25, -0.2) is 0 Å². The summed E-state index contributed by atoms with van der Waals surface area (Å²) in [6.07, 6.45) is 9.54. The normalized spacial score (nSPS) is 42.2. The Bertz CT molecular complexity index is 1450. The average Bonchev–Trinajstić information content (AvgIpc) is 3.95. The molecule has 0 aromatic heterocycles. The number of fused-ring (bicyclic) bond motifs is 8. The maximum atomic E-state index is 14.3. The van der Waals surface area contributed by atoms with Crippen molar-refractivity contribution >= 4 is 11.9 Å². The minimum Gasteiger partial charge on any atom is -0.481 e. The van der Waals surface area contributed by atoms with Crippen LogP contribution in [0.25, 0.3) is 0 Å². The quantitative estimate of drug-likeness (QED) is 0.0959. The van der Waals surface area contributed by atoms with Gasteiger partial charge in [-0.05, 0) is 134 Å². The van der Waals surface area contributed by atoms with Gasteiger partial charge in [-0.3, -0.25) is 9.59 Å². The number of rotatable bonds is 16.